The van der Waals surface area contributed by atoms with Crippen LogP contribution in [0.4, 0.5) is 26.3 Å². The van der Waals surface area contributed by atoms with Crippen molar-refractivity contribution in [1.82, 2.24) is 9.62 Å². The second-order valence-corrected chi connectivity index (χ2v) is 14.6. The topological polar surface area (TPSA) is 24.9 Å². The van der Waals surface area contributed by atoms with Crippen molar-refractivity contribution in [1.29, 1.82) is 0 Å². The number of alkyl halides is 6. The van der Waals surface area contributed by atoms with Crippen LogP contribution in [0.2, 0.25) is 0 Å². The molecule has 2 aromatic heterocycles. The van der Waals surface area contributed by atoms with Crippen molar-refractivity contribution in [3.63, 3.8) is 0 Å². The summed E-state index contributed by atoms with van der Waals surface area (Å²) < 4.78 is 109. The van der Waals surface area contributed by atoms with E-state index in [1.54, 1.807) is 99.3 Å². The van der Waals surface area contributed by atoms with Crippen LogP contribution in [0.3, 0.4) is 0 Å². The van der Waals surface area contributed by atoms with Crippen LogP contribution in [0.1, 0.15) is 11.1 Å². The minimum Gasteiger partial charge on any atom is -0.497 e. The third-order valence-electron chi connectivity index (χ3n) is 9.32. The van der Waals surface area contributed by atoms with Gasteiger partial charge in [-0.25, -0.2) is 0 Å². The second kappa shape index (κ2) is 12.9. The summed E-state index contributed by atoms with van der Waals surface area (Å²) in [5.41, 5.74) is -2.75. The van der Waals surface area contributed by atoms with Gasteiger partial charge in [-0.15, -0.1) is 22.7 Å². The number of hydrogen-bond acceptors (Lipinski definition) is 6. The van der Waals surface area contributed by atoms with Gasteiger partial charge >= 0.3 is 31.5 Å². The van der Waals surface area contributed by atoms with E-state index < -0.39 is 42.6 Å². The first-order valence-corrected chi connectivity index (χ1v) is 17.5. The van der Waals surface area contributed by atoms with E-state index in [2.05, 4.69) is 0 Å². The Labute approximate surface area is 300 Å². The summed E-state index contributed by atoms with van der Waals surface area (Å²) in [5.74, 6) is -11.6. The molecule has 7 rings (SSSR count). The maximum absolute atomic E-state index is 16.5. The van der Waals surface area contributed by atoms with Gasteiger partial charge in [0.25, 0.3) is 0 Å². The number of rotatable bonds is 8. The van der Waals surface area contributed by atoms with Crippen LogP contribution < -0.4 is 19.0 Å². The Kier molecular flexibility index (Phi) is 8.82. The molecule has 51 heavy (non-hydrogen) atoms. The number of halogens is 6. The number of nitrogens with zero attached hydrogens (tertiary/aromatic N) is 2. The Bertz CT molecular complexity index is 1970. The molecule has 0 amide bonds. The Morgan fingerprint density at radius 1 is 0.569 bits per heavy atom. The van der Waals surface area contributed by atoms with Gasteiger partial charge < -0.3 is 19.1 Å². The zero-order valence-electron chi connectivity index (χ0n) is 27.8. The number of ether oxygens (including phenoxy) is 2. The molecule has 0 fully saturated rings. The number of allylic oxidation sites excluding steroid dienone is 6. The van der Waals surface area contributed by atoms with Crippen LogP contribution >= 0.6 is 22.7 Å². The van der Waals surface area contributed by atoms with Gasteiger partial charge in [-0.2, -0.15) is 26.3 Å². The van der Waals surface area contributed by atoms with E-state index in [-0.39, 0.29) is 20.9 Å². The predicted octanol–water partition coefficient (Wildman–Crippen LogP) is 8.50. The minimum atomic E-state index is -5.74. The van der Waals surface area contributed by atoms with Gasteiger partial charge in [-0.1, -0.05) is 24.1 Å². The molecule has 3 aliphatic rings. The van der Waals surface area contributed by atoms with E-state index in [0.717, 1.165) is 22.7 Å². The summed E-state index contributed by atoms with van der Waals surface area (Å²) in [4.78, 5) is 3.97. The molecular weight excluding hydrogens is 704 g/mol. The third-order valence-corrected chi connectivity index (χ3v) is 11.8. The first kappa shape index (κ1) is 34.9. The molecule has 0 saturated heterocycles. The van der Waals surface area contributed by atoms with E-state index in [9.17, 15) is 0 Å². The fourth-order valence-corrected chi connectivity index (χ4v) is 9.19. The lowest BCUT2D eigenvalue weighted by Gasteiger charge is -2.26. The first-order valence-electron chi connectivity index (χ1n) is 15.9. The van der Waals surface area contributed by atoms with Crippen molar-refractivity contribution in [2.75, 3.05) is 28.3 Å². The van der Waals surface area contributed by atoms with Crippen molar-refractivity contribution in [3.8, 4) is 32.4 Å². The fraction of sp³-hybridized carbons (Fsp3) is 0.189. The second-order valence-electron chi connectivity index (χ2n) is 12.4. The molecule has 4 aromatic rings. The molecule has 0 spiro atoms. The van der Waals surface area contributed by atoms with Crippen LogP contribution in [0.25, 0.3) is 32.0 Å². The first-order chi connectivity index (χ1) is 24.3. The minimum absolute atomic E-state index is 0.159. The summed E-state index contributed by atoms with van der Waals surface area (Å²) in [6.07, 6.45) is 10.7. The zero-order chi connectivity index (χ0) is 36.3. The van der Waals surface area contributed by atoms with Gasteiger partial charge in [-0.05, 0) is 110 Å². The van der Waals surface area contributed by atoms with Crippen molar-refractivity contribution < 1.29 is 35.8 Å². The number of hydrogen-bond donors (Lipinski definition) is 0. The number of methoxy groups -OCH3 is 2. The van der Waals surface area contributed by atoms with Crippen LogP contribution in [0, 0.1) is 0 Å². The van der Waals surface area contributed by atoms with E-state index >= 15 is 26.3 Å². The quantitative estimate of drug-likeness (QED) is 0.134. The Morgan fingerprint density at radius 2 is 0.941 bits per heavy atom. The van der Waals surface area contributed by atoms with Crippen molar-refractivity contribution >= 4 is 57.1 Å². The molecule has 0 radical (unpaired) electrons. The molecule has 2 aromatic carbocycles. The standard InChI is InChI=1S/C37H30B2F6N2O2S2/c1-46-19-7-5-17-38(46)29-21-27(33(50-29)23-9-13-25(48-3)14-10-23)31-32(36(42,43)37(44,45)35(31,40)41)28-22-30(39-18-6-8-20-47(39)2)51-34(28)24-11-15-26(49-4)16-12-24/h5-22H,1-4H3. The number of benzene rings is 2. The molecule has 1 aliphatic carbocycles. The zero-order valence-corrected chi connectivity index (χ0v) is 29.5. The largest absolute Gasteiger partial charge is 0.497 e. The van der Waals surface area contributed by atoms with Crippen LogP contribution in [0.5, 0.6) is 11.5 Å². The highest BCUT2D eigenvalue weighted by Gasteiger charge is 2.80. The van der Waals surface area contributed by atoms with Crippen molar-refractivity contribution in [2.45, 2.75) is 17.8 Å². The van der Waals surface area contributed by atoms with Gasteiger partial charge in [0.15, 0.2) is 0 Å². The highest BCUT2D eigenvalue weighted by Crippen LogP contribution is 2.66. The molecule has 0 N–H and O–H groups in total. The SMILES string of the molecule is COc1ccc(-c2sc(B3C=CC=CN3C)cc2C2=C(c3cc(B4C=CC=CN4C)sc3-c3ccc(OC)cc3)C(F)(F)C(F)(F)C2(F)F)cc1. The van der Waals surface area contributed by atoms with Crippen molar-refractivity contribution in [3.05, 3.63) is 120 Å². The summed E-state index contributed by atoms with van der Waals surface area (Å²) in [6.45, 7) is -0.898. The highest BCUT2D eigenvalue weighted by molar-refractivity contribution is 7.27. The third kappa shape index (κ3) is 5.63. The highest BCUT2D eigenvalue weighted by atomic mass is 32.1. The van der Waals surface area contributed by atoms with E-state index in [0.29, 0.717) is 32.2 Å². The smallest absolute Gasteiger partial charge is 0.380 e. The Balaban J connectivity index is 1.55. The number of thiophene rings is 2. The van der Waals surface area contributed by atoms with Crippen LogP contribution in [-0.4, -0.2) is 69.4 Å². The van der Waals surface area contributed by atoms with E-state index in [1.807, 2.05) is 21.6 Å². The van der Waals surface area contributed by atoms with Crippen LogP contribution in [-0.2, 0) is 0 Å². The monoisotopic (exact) mass is 734 g/mol. The maximum Gasteiger partial charge on any atom is 0.380 e. The predicted molar refractivity (Wildman–Crippen MR) is 197 cm³/mol. The van der Waals surface area contributed by atoms with Gasteiger partial charge in [-0.3, -0.25) is 0 Å². The summed E-state index contributed by atoms with van der Waals surface area (Å²) in [7, 11) is 6.51. The van der Waals surface area contributed by atoms with Crippen LogP contribution in [0.15, 0.2) is 109 Å². The molecule has 4 nitrogen and oxygen atoms in total. The molecule has 0 saturated carbocycles. The molecule has 0 atom stereocenters. The summed E-state index contributed by atoms with van der Waals surface area (Å²) in [5, 5.41) is 0. The molecule has 0 unspecified atom stereocenters. The average Bonchev–Trinajstić information content (AvgIpc) is 3.78. The summed E-state index contributed by atoms with van der Waals surface area (Å²) in [6, 6.07) is 15.6. The van der Waals surface area contributed by atoms with Gasteiger partial charge in [0.05, 0.1) is 14.2 Å². The molecular formula is C37H30B2F6N2O2S2. The van der Waals surface area contributed by atoms with Crippen molar-refractivity contribution in [2.24, 2.45) is 0 Å². The lowest BCUT2D eigenvalue weighted by Crippen LogP contribution is -2.49. The molecule has 2 aliphatic heterocycles. The molecule has 260 valence electrons. The Morgan fingerprint density at radius 3 is 1.27 bits per heavy atom. The average molecular weight is 734 g/mol. The normalized spacial score (nSPS) is 18.7. The molecule has 4 heterocycles. The van der Waals surface area contributed by atoms with E-state index in [4.69, 9.17) is 9.47 Å². The lowest BCUT2D eigenvalue weighted by molar-refractivity contribution is -0.254. The van der Waals surface area contributed by atoms with Gasteiger partial charge in [0.2, 0.25) is 0 Å². The lowest BCUT2D eigenvalue weighted by atomic mass is 9.58. The van der Waals surface area contributed by atoms with Gasteiger partial charge in [0.1, 0.15) is 11.5 Å². The summed E-state index contributed by atoms with van der Waals surface area (Å²) >= 11 is 2.19. The van der Waals surface area contributed by atoms with E-state index in [1.165, 1.54) is 26.4 Å². The molecule has 14 heteroatoms. The Hall–Kier alpha value is -4.55. The molecule has 0 bridgehead atoms. The fourth-order valence-electron chi connectivity index (χ4n) is 6.59. The maximum atomic E-state index is 16.5. The van der Waals surface area contributed by atoms with Gasteiger partial charge in [0, 0.05) is 41.6 Å².